The summed E-state index contributed by atoms with van der Waals surface area (Å²) in [6, 6.07) is 2.86. The third-order valence-corrected chi connectivity index (χ3v) is 3.29. The van der Waals surface area contributed by atoms with Gasteiger partial charge >= 0.3 is 6.09 Å². The Morgan fingerprint density at radius 3 is 2.95 bits per heavy atom. The third-order valence-electron chi connectivity index (χ3n) is 3.29. The van der Waals surface area contributed by atoms with Crippen LogP contribution in [0.4, 0.5) is 4.79 Å². The SMILES string of the molecule is C=CCOC(=O)N1C[C@H](O)C[C@H]1[C@H](O)c1ccncc1. The van der Waals surface area contributed by atoms with E-state index >= 15 is 0 Å². The summed E-state index contributed by atoms with van der Waals surface area (Å²) in [5.41, 5.74) is 0.653. The minimum atomic E-state index is -0.883. The number of hydrogen-bond acceptors (Lipinski definition) is 5. The number of aromatic nitrogens is 1. The normalized spacial score (nSPS) is 23.4. The predicted molar refractivity (Wildman–Crippen MR) is 71.9 cm³/mol. The number of amides is 1. The van der Waals surface area contributed by atoms with Gasteiger partial charge in [0.15, 0.2) is 0 Å². The molecule has 1 amide bonds. The monoisotopic (exact) mass is 278 g/mol. The maximum atomic E-state index is 11.9. The van der Waals surface area contributed by atoms with Crippen LogP contribution in [0.25, 0.3) is 0 Å². The van der Waals surface area contributed by atoms with Crippen LogP contribution in [0.15, 0.2) is 37.2 Å². The van der Waals surface area contributed by atoms with E-state index in [2.05, 4.69) is 11.6 Å². The second-order valence-electron chi connectivity index (χ2n) is 4.70. The van der Waals surface area contributed by atoms with Crippen LogP contribution in [0.3, 0.4) is 0 Å². The Labute approximate surface area is 117 Å². The lowest BCUT2D eigenvalue weighted by Crippen LogP contribution is -2.39. The lowest BCUT2D eigenvalue weighted by atomic mass is 10.0. The number of carbonyl (C=O) groups is 1. The fourth-order valence-electron chi connectivity index (χ4n) is 2.35. The van der Waals surface area contributed by atoms with Gasteiger partial charge < -0.3 is 14.9 Å². The Balaban J connectivity index is 2.11. The molecular weight excluding hydrogens is 260 g/mol. The van der Waals surface area contributed by atoms with E-state index in [1.165, 1.54) is 11.0 Å². The van der Waals surface area contributed by atoms with Gasteiger partial charge in [0, 0.05) is 12.4 Å². The van der Waals surface area contributed by atoms with Crippen LogP contribution in [0.1, 0.15) is 18.1 Å². The number of ether oxygens (including phenoxy) is 1. The molecule has 1 aromatic heterocycles. The summed E-state index contributed by atoms with van der Waals surface area (Å²) in [6.45, 7) is 3.73. The maximum Gasteiger partial charge on any atom is 0.410 e. The average molecular weight is 278 g/mol. The first-order valence-electron chi connectivity index (χ1n) is 6.44. The molecule has 0 aromatic carbocycles. The second-order valence-corrected chi connectivity index (χ2v) is 4.70. The topological polar surface area (TPSA) is 82.9 Å². The van der Waals surface area contributed by atoms with Gasteiger partial charge in [-0.2, -0.15) is 0 Å². The number of β-amino-alcohol motifs (C(OH)–C–C–N with tert-alkyl or cyclic N) is 1. The first kappa shape index (κ1) is 14.5. The molecule has 1 aliphatic heterocycles. The number of pyridine rings is 1. The first-order valence-corrected chi connectivity index (χ1v) is 6.44. The lowest BCUT2D eigenvalue weighted by Gasteiger charge is -2.27. The van der Waals surface area contributed by atoms with Gasteiger partial charge in [-0.3, -0.25) is 9.88 Å². The van der Waals surface area contributed by atoms with Crippen LogP contribution in [-0.2, 0) is 4.74 Å². The van der Waals surface area contributed by atoms with Crippen molar-refractivity contribution < 1.29 is 19.7 Å². The Hall–Kier alpha value is -1.92. The summed E-state index contributed by atoms with van der Waals surface area (Å²) >= 11 is 0. The van der Waals surface area contributed by atoms with Crippen LogP contribution < -0.4 is 0 Å². The number of nitrogens with zero attached hydrogens (tertiary/aromatic N) is 2. The molecule has 0 spiro atoms. The molecule has 3 atom stereocenters. The van der Waals surface area contributed by atoms with Crippen molar-refractivity contribution in [3.05, 3.63) is 42.7 Å². The zero-order valence-electron chi connectivity index (χ0n) is 11.1. The second kappa shape index (κ2) is 6.49. The number of hydrogen-bond donors (Lipinski definition) is 2. The van der Waals surface area contributed by atoms with Gasteiger partial charge in [0.25, 0.3) is 0 Å². The van der Waals surface area contributed by atoms with Gasteiger partial charge in [0.2, 0.25) is 0 Å². The Bertz CT molecular complexity index is 466. The molecule has 2 rings (SSSR count). The number of rotatable bonds is 4. The van der Waals surface area contributed by atoms with Crippen molar-refractivity contribution in [2.75, 3.05) is 13.2 Å². The van der Waals surface area contributed by atoms with E-state index in [1.807, 2.05) is 0 Å². The zero-order chi connectivity index (χ0) is 14.5. The van der Waals surface area contributed by atoms with E-state index in [0.29, 0.717) is 12.0 Å². The highest BCUT2D eigenvalue weighted by Gasteiger charge is 2.39. The molecule has 0 unspecified atom stereocenters. The zero-order valence-corrected chi connectivity index (χ0v) is 11.1. The van der Waals surface area contributed by atoms with Crippen molar-refractivity contribution >= 4 is 6.09 Å². The van der Waals surface area contributed by atoms with E-state index in [0.717, 1.165) is 0 Å². The van der Waals surface area contributed by atoms with Gasteiger partial charge in [0.05, 0.1) is 24.8 Å². The molecule has 0 bridgehead atoms. The summed E-state index contributed by atoms with van der Waals surface area (Å²) in [5.74, 6) is 0. The van der Waals surface area contributed by atoms with Gasteiger partial charge in [-0.25, -0.2) is 4.79 Å². The van der Waals surface area contributed by atoms with Crippen LogP contribution in [-0.4, -0.2) is 51.5 Å². The summed E-state index contributed by atoms with van der Waals surface area (Å²) in [5, 5.41) is 20.1. The van der Waals surface area contributed by atoms with Crippen molar-refractivity contribution in [1.82, 2.24) is 9.88 Å². The molecule has 108 valence electrons. The van der Waals surface area contributed by atoms with Crippen LogP contribution >= 0.6 is 0 Å². The van der Waals surface area contributed by atoms with E-state index < -0.39 is 24.3 Å². The van der Waals surface area contributed by atoms with Crippen molar-refractivity contribution in [2.24, 2.45) is 0 Å². The molecule has 1 aromatic rings. The molecular formula is C14H18N2O4. The maximum absolute atomic E-state index is 11.9. The Kier molecular flexibility index (Phi) is 4.70. The van der Waals surface area contributed by atoms with Gasteiger partial charge in [0.1, 0.15) is 6.61 Å². The quantitative estimate of drug-likeness (QED) is 0.799. The molecule has 20 heavy (non-hydrogen) atoms. The molecule has 6 heteroatoms. The standard InChI is InChI=1S/C14H18N2O4/c1-2-7-20-14(19)16-9-11(17)8-12(16)13(18)10-3-5-15-6-4-10/h2-6,11-13,17-18H,1,7-9H2/t11-,12+,13-/m1/s1. The highest BCUT2D eigenvalue weighted by Crippen LogP contribution is 2.29. The molecule has 1 saturated heterocycles. The van der Waals surface area contributed by atoms with E-state index in [4.69, 9.17) is 4.74 Å². The fourth-order valence-corrected chi connectivity index (χ4v) is 2.35. The average Bonchev–Trinajstić information content (AvgIpc) is 2.87. The molecule has 0 aliphatic carbocycles. The van der Waals surface area contributed by atoms with Crippen LogP contribution in [0.2, 0.25) is 0 Å². The van der Waals surface area contributed by atoms with Crippen molar-refractivity contribution in [3.8, 4) is 0 Å². The number of likely N-dealkylation sites (tertiary alicyclic amines) is 1. The highest BCUT2D eigenvalue weighted by molar-refractivity contribution is 5.68. The summed E-state index contributed by atoms with van der Waals surface area (Å²) in [6.07, 6.45) is 2.83. The third kappa shape index (κ3) is 3.15. The van der Waals surface area contributed by atoms with Crippen molar-refractivity contribution in [3.63, 3.8) is 0 Å². The minimum absolute atomic E-state index is 0.101. The van der Waals surface area contributed by atoms with Crippen LogP contribution in [0.5, 0.6) is 0 Å². The molecule has 0 saturated carbocycles. The van der Waals surface area contributed by atoms with E-state index in [-0.39, 0.29) is 13.2 Å². The van der Waals surface area contributed by atoms with E-state index in [9.17, 15) is 15.0 Å². The largest absolute Gasteiger partial charge is 0.445 e. The molecule has 6 nitrogen and oxygen atoms in total. The van der Waals surface area contributed by atoms with Crippen LogP contribution in [0, 0.1) is 0 Å². The predicted octanol–water partition coefficient (Wildman–Crippen LogP) is 0.873. The molecule has 1 fully saturated rings. The smallest absolute Gasteiger partial charge is 0.410 e. The summed E-state index contributed by atoms with van der Waals surface area (Å²) in [4.78, 5) is 17.2. The number of aliphatic hydroxyl groups excluding tert-OH is 2. The molecule has 2 N–H and O–H groups in total. The summed E-state index contributed by atoms with van der Waals surface area (Å²) < 4.78 is 4.97. The number of aliphatic hydroxyl groups is 2. The Morgan fingerprint density at radius 2 is 2.30 bits per heavy atom. The van der Waals surface area contributed by atoms with E-state index in [1.54, 1.807) is 24.5 Å². The number of carbonyl (C=O) groups excluding carboxylic acids is 1. The fraction of sp³-hybridized carbons (Fsp3) is 0.429. The van der Waals surface area contributed by atoms with Crippen molar-refractivity contribution in [1.29, 1.82) is 0 Å². The van der Waals surface area contributed by atoms with Crippen molar-refractivity contribution in [2.45, 2.75) is 24.7 Å². The summed E-state index contributed by atoms with van der Waals surface area (Å²) in [7, 11) is 0. The van der Waals surface area contributed by atoms with Gasteiger partial charge in [-0.05, 0) is 24.1 Å². The van der Waals surface area contributed by atoms with Gasteiger partial charge in [-0.15, -0.1) is 0 Å². The lowest BCUT2D eigenvalue weighted by molar-refractivity contribution is 0.0550. The Morgan fingerprint density at radius 1 is 1.60 bits per heavy atom. The highest BCUT2D eigenvalue weighted by atomic mass is 16.6. The first-order chi connectivity index (χ1) is 9.63. The molecule has 1 aliphatic rings. The van der Waals surface area contributed by atoms with Gasteiger partial charge in [-0.1, -0.05) is 12.7 Å². The molecule has 2 heterocycles. The molecule has 0 radical (unpaired) electrons. The minimum Gasteiger partial charge on any atom is -0.445 e.